The molecule has 1 aliphatic heterocycles. The zero-order chi connectivity index (χ0) is 12.0. The van der Waals surface area contributed by atoms with Crippen molar-refractivity contribution in [3.63, 3.8) is 0 Å². The summed E-state index contributed by atoms with van der Waals surface area (Å²) < 4.78 is 25.4. The van der Waals surface area contributed by atoms with Crippen LogP contribution in [0.5, 0.6) is 0 Å². The first-order valence-electron chi connectivity index (χ1n) is 5.82. The Kier molecular flexibility index (Phi) is 6.03. The molecule has 0 saturated carbocycles. The number of nitrogens with zero attached hydrogens (tertiary/aromatic N) is 1. The lowest BCUT2D eigenvalue weighted by atomic mass is 10.1. The average molecular weight is 269 g/mol. The lowest BCUT2D eigenvalue weighted by Crippen LogP contribution is -2.44. The highest BCUT2D eigenvalue weighted by atomic mass is 35.5. The van der Waals surface area contributed by atoms with Crippen LogP contribution < -0.4 is 4.72 Å². The fraction of sp³-hybridized carbons (Fsp3) is 1.00. The number of alkyl halides is 1. The number of hydrogen-bond acceptors (Lipinski definition) is 3. The predicted molar refractivity (Wildman–Crippen MR) is 67.4 cm³/mol. The van der Waals surface area contributed by atoms with E-state index in [1.807, 2.05) is 0 Å². The minimum absolute atomic E-state index is 0.00127. The Morgan fingerprint density at radius 2 is 1.94 bits per heavy atom. The molecule has 1 rings (SSSR count). The summed E-state index contributed by atoms with van der Waals surface area (Å²) in [6.07, 6.45) is 3.73. The van der Waals surface area contributed by atoms with Gasteiger partial charge >= 0.3 is 0 Å². The summed E-state index contributed by atoms with van der Waals surface area (Å²) in [5.41, 5.74) is 0. The maximum atomic E-state index is 11.4. The summed E-state index contributed by atoms with van der Waals surface area (Å²) in [5, 5.41) is 0. The van der Waals surface area contributed by atoms with Crippen molar-refractivity contribution in [2.75, 3.05) is 31.3 Å². The van der Waals surface area contributed by atoms with Crippen molar-refractivity contribution in [2.24, 2.45) is 0 Å². The van der Waals surface area contributed by atoms with E-state index in [9.17, 15) is 8.42 Å². The molecule has 1 saturated heterocycles. The standard InChI is InChI=1S/C10H21ClN2O2S/c1-10(13-6-3-2-4-7-13)9-12-16(14,15)8-5-11/h10,12H,2-9H2,1H3. The van der Waals surface area contributed by atoms with E-state index in [1.54, 1.807) is 0 Å². The molecule has 0 aliphatic carbocycles. The number of nitrogens with one attached hydrogen (secondary N) is 1. The summed E-state index contributed by atoms with van der Waals surface area (Å²) in [5.74, 6) is 0.148. The van der Waals surface area contributed by atoms with E-state index < -0.39 is 10.0 Å². The van der Waals surface area contributed by atoms with Crippen molar-refractivity contribution in [1.82, 2.24) is 9.62 Å². The fourth-order valence-electron chi connectivity index (χ4n) is 1.91. The molecular formula is C10H21ClN2O2S. The van der Waals surface area contributed by atoms with Crippen LogP contribution in [0, 0.1) is 0 Å². The molecule has 1 fully saturated rings. The molecule has 0 aromatic carbocycles. The molecule has 1 N–H and O–H groups in total. The first-order chi connectivity index (χ1) is 7.55. The van der Waals surface area contributed by atoms with Crippen LogP contribution in [0.25, 0.3) is 0 Å². The predicted octanol–water partition coefficient (Wildman–Crippen LogP) is 1.02. The monoisotopic (exact) mass is 268 g/mol. The summed E-state index contributed by atoms with van der Waals surface area (Å²) >= 11 is 5.42. The number of hydrogen-bond donors (Lipinski definition) is 1. The van der Waals surface area contributed by atoms with Gasteiger partial charge in [-0.05, 0) is 32.9 Å². The van der Waals surface area contributed by atoms with E-state index in [0.717, 1.165) is 13.1 Å². The Morgan fingerprint density at radius 3 is 2.50 bits per heavy atom. The van der Waals surface area contributed by atoms with E-state index in [2.05, 4.69) is 16.5 Å². The fourth-order valence-corrected chi connectivity index (χ4v) is 3.36. The minimum Gasteiger partial charge on any atom is -0.299 e. The first kappa shape index (κ1) is 14.2. The number of rotatable bonds is 6. The van der Waals surface area contributed by atoms with Crippen LogP contribution in [0.3, 0.4) is 0 Å². The highest BCUT2D eigenvalue weighted by Gasteiger charge is 2.18. The summed E-state index contributed by atoms with van der Waals surface area (Å²) in [7, 11) is -3.17. The molecule has 0 bridgehead atoms. The Bertz CT molecular complexity index is 289. The number of halogens is 1. The third kappa shape index (κ3) is 4.99. The normalized spacial score (nSPS) is 20.9. The topological polar surface area (TPSA) is 49.4 Å². The van der Waals surface area contributed by atoms with Gasteiger partial charge in [0.2, 0.25) is 10.0 Å². The van der Waals surface area contributed by atoms with Crippen molar-refractivity contribution in [3.05, 3.63) is 0 Å². The van der Waals surface area contributed by atoms with Gasteiger partial charge in [-0.2, -0.15) is 0 Å². The zero-order valence-corrected chi connectivity index (χ0v) is 11.4. The molecule has 4 nitrogen and oxygen atoms in total. The number of likely N-dealkylation sites (tertiary alicyclic amines) is 1. The van der Waals surface area contributed by atoms with Crippen molar-refractivity contribution in [1.29, 1.82) is 0 Å². The molecule has 0 spiro atoms. The van der Waals surface area contributed by atoms with Gasteiger partial charge in [-0.25, -0.2) is 13.1 Å². The lowest BCUT2D eigenvalue weighted by Gasteiger charge is -2.32. The van der Waals surface area contributed by atoms with Crippen LogP contribution in [0.1, 0.15) is 26.2 Å². The van der Waals surface area contributed by atoms with Gasteiger partial charge in [-0.3, -0.25) is 4.90 Å². The molecule has 0 radical (unpaired) electrons. The third-order valence-electron chi connectivity index (χ3n) is 2.96. The Morgan fingerprint density at radius 1 is 1.31 bits per heavy atom. The van der Waals surface area contributed by atoms with Gasteiger partial charge in [0.05, 0.1) is 5.75 Å². The molecule has 1 heterocycles. The Balaban J connectivity index is 2.31. The van der Waals surface area contributed by atoms with Gasteiger partial charge in [0.25, 0.3) is 0 Å². The second-order valence-electron chi connectivity index (χ2n) is 4.30. The van der Waals surface area contributed by atoms with E-state index in [1.165, 1.54) is 19.3 Å². The quantitative estimate of drug-likeness (QED) is 0.732. The zero-order valence-electron chi connectivity index (χ0n) is 9.78. The second-order valence-corrected chi connectivity index (χ2v) is 6.61. The van der Waals surface area contributed by atoms with Gasteiger partial charge in [0.1, 0.15) is 0 Å². The van der Waals surface area contributed by atoms with Crippen molar-refractivity contribution < 1.29 is 8.42 Å². The Labute approximate surface area is 103 Å². The molecule has 16 heavy (non-hydrogen) atoms. The Hall–Kier alpha value is 0.160. The lowest BCUT2D eigenvalue weighted by molar-refractivity contribution is 0.175. The van der Waals surface area contributed by atoms with Crippen LogP contribution in [0.15, 0.2) is 0 Å². The largest absolute Gasteiger partial charge is 0.299 e. The maximum absolute atomic E-state index is 11.4. The smallest absolute Gasteiger partial charge is 0.212 e. The molecule has 0 aromatic heterocycles. The van der Waals surface area contributed by atoms with E-state index in [4.69, 9.17) is 11.6 Å². The highest BCUT2D eigenvalue weighted by molar-refractivity contribution is 7.89. The number of sulfonamides is 1. The van der Waals surface area contributed by atoms with Gasteiger partial charge < -0.3 is 0 Å². The summed E-state index contributed by atoms with van der Waals surface area (Å²) in [4.78, 5) is 2.34. The van der Waals surface area contributed by atoms with Gasteiger partial charge in [0.15, 0.2) is 0 Å². The molecular weight excluding hydrogens is 248 g/mol. The van der Waals surface area contributed by atoms with E-state index in [-0.39, 0.29) is 17.7 Å². The van der Waals surface area contributed by atoms with Crippen molar-refractivity contribution in [2.45, 2.75) is 32.2 Å². The molecule has 1 atom stereocenters. The first-order valence-corrected chi connectivity index (χ1v) is 8.01. The number of piperidine rings is 1. The molecule has 0 amide bonds. The minimum atomic E-state index is -3.17. The van der Waals surface area contributed by atoms with Crippen molar-refractivity contribution in [3.8, 4) is 0 Å². The molecule has 1 unspecified atom stereocenters. The van der Waals surface area contributed by atoms with Crippen LogP contribution >= 0.6 is 11.6 Å². The van der Waals surface area contributed by atoms with Crippen LogP contribution in [-0.4, -0.2) is 50.6 Å². The SMILES string of the molecule is CC(CNS(=O)(=O)CCCl)N1CCCCC1. The maximum Gasteiger partial charge on any atom is 0.212 e. The molecule has 1 aliphatic rings. The van der Waals surface area contributed by atoms with E-state index in [0.29, 0.717) is 6.54 Å². The molecule has 6 heteroatoms. The molecule has 0 aromatic rings. The second kappa shape index (κ2) is 6.79. The highest BCUT2D eigenvalue weighted by Crippen LogP contribution is 2.11. The summed E-state index contributed by atoms with van der Waals surface area (Å²) in [6.45, 7) is 4.71. The summed E-state index contributed by atoms with van der Waals surface area (Å²) in [6, 6.07) is 0.269. The van der Waals surface area contributed by atoms with Gasteiger partial charge in [-0.15, -0.1) is 11.6 Å². The van der Waals surface area contributed by atoms with Gasteiger partial charge in [-0.1, -0.05) is 6.42 Å². The molecule has 96 valence electrons. The van der Waals surface area contributed by atoms with Gasteiger partial charge in [0, 0.05) is 18.5 Å². The van der Waals surface area contributed by atoms with Crippen LogP contribution in [-0.2, 0) is 10.0 Å². The third-order valence-corrected chi connectivity index (χ3v) is 4.72. The van der Waals surface area contributed by atoms with E-state index >= 15 is 0 Å². The average Bonchev–Trinajstić information content (AvgIpc) is 2.27. The van der Waals surface area contributed by atoms with Crippen LogP contribution in [0.4, 0.5) is 0 Å². The van der Waals surface area contributed by atoms with Crippen LogP contribution in [0.2, 0.25) is 0 Å². The van der Waals surface area contributed by atoms with Crippen molar-refractivity contribution >= 4 is 21.6 Å².